The summed E-state index contributed by atoms with van der Waals surface area (Å²) in [6.07, 6.45) is 1.23. The third kappa shape index (κ3) is 3.92. The SMILES string of the molecule is COc1ccc(OC)c(C(C)NC(=O)Cn2c(=O)cnc3ccccc32)c1. The number of rotatable bonds is 6. The van der Waals surface area contributed by atoms with Crippen LogP contribution in [0.25, 0.3) is 11.0 Å². The Hall–Kier alpha value is -3.35. The molecule has 3 rings (SSSR count). The van der Waals surface area contributed by atoms with Crippen LogP contribution in [0.5, 0.6) is 11.5 Å². The fourth-order valence-corrected chi connectivity index (χ4v) is 2.96. The molecule has 0 bridgehead atoms. The first-order valence-electron chi connectivity index (χ1n) is 8.49. The summed E-state index contributed by atoms with van der Waals surface area (Å²) < 4.78 is 12.0. The van der Waals surface area contributed by atoms with Crippen LogP contribution in [0.15, 0.2) is 53.5 Å². The van der Waals surface area contributed by atoms with Crippen LogP contribution in [0.4, 0.5) is 0 Å². The topological polar surface area (TPSA) is 82.5 Å². The molecule has 0 saturated heterocycles. The maximum atomic E-state index is 12.6. The van der Waals surface area contributed by atoms with Gasteiger partial charge in [0.15, 0.2) is 0 Å². The van der Waals surface area contributed by atoms with E-state index < -0.39 is 0 Å². The number of benzene rings is 2. The van der Waals surface area contributed by atoms with Crippen molar-refractivity contribution in [1.82, 2.24) is 14.9 Å². The van der Waals surface area contributed by atoms with Crippen LogP contribution in [0.3, 0.4) is 0 Å². The number of hydrogen-bond acceptors (Lipinski definition) is 5. The Morgan fingerprint density at radius 1 is 1.19 bits per heavy atom. The van der Waals surface area contributed by atoms with E-state index in [9.17, 15) is 9.59 Å². The van der Waals surface area contributed by atoms with Gasteiger partial charge in [0.25, 0.3) is 5.56 Å². The Bertz CT molecular complexity index is 1030. The molecule has 1 unspecified atom stereocenters. The van der Waals surface area contributed by atoms with E-state index in [-0.39, 0.29) is 24.1 Å². The summed E-state index contributed by atoms with van der Waals surface area (Å²) in [7, 11) is 3.15. The molecule has 0 saturated carbocycles. The van der Waals surface area contributed by atoms with Crippen molar-refractivity contribution in [1.29, 1.82) is 0 Å². The van der Waals surface area contributed by atoms with Gasteiger partial charge in [-0.2, -0.15) is 0 Å². The number of para-hydroxylation sites is 2. The molecule has 0 aliphatic rings. The van der Waals surface area contributed by atoms with Crippen molar-refractivity contribution in [2.24, 2.45) is 0 Å². The van der Waals surface area contributed by atoms with E-state index in [1.165, 1.54) is 10.8 Å². The van der Waals surface area contributed by atoms with Gasteiger partial charge in [0.1, 0.15) is 18.0 Å². The fraction of sp³-hybridized carbons (Fsp3) is 0.250. The summed E-state index contributed by atoms with van der Waals surface area (Å²) in [5.74, 6) is 1.03. The molecule has 1 aromatic heterocycles. The summed E-state index contributed by atoms with van der Waals surface area (Å²) in [5.41, 5.74) is 1.74. The lowest BCUT2D eigenvalue weighted by Gasteiger charge is -2.19. The minimum absolute atomic E-state index is 0.0987. The van der Waals surface area contributed by atoms with E-state index in [1.807, 2.05) is 25.1 Å². The molecule has 0 aliphatic heterocycles. The van der Waals surface area contributed by atoms with Gasteiger partial charge in [-0.05, 0) is 37.3 Å². The highest BCUT2D eigenvalue weighted by molar-refractivity contribution is 5.80. The zero-order valence-electron chi connectivity index (χ0n) is 15.4. The fourth-order valence-electron chi connectivity index (χ4n) is 2.96. The number of nitrogens with one attached hydrogen (secondary N) is 1. The first-order valence-corrected chi connectivity index (χ1v) is 8.49. The van der Waals surface area contributed by atoms with Crippen LogP contribution < -0.4 is 20.3 Å². The van der Waals surface area contributed by atoms with Crippen LogP contribution in [0.2, 0.25) is 0 Å². The van der Waals surface area contributed by atoms with Gasteiger partial charge < -0.3 is 14.8 Å². The number of nitrogens with zero attached hydrogens (tertiary/aromatic N) is 2. The third-order valence-corrected chi connectivity index (χ3v) is 4.34. The minimum Gasteiger partial charge on any atom is -0.497 e. The van der Waals surface area contributed by atoms with Crippen molar-refractivity contribution >= 4 is 16.9 Å². The van der Waals surface area contributed by atoms with Gasteiger partial charge in [0.05, 0.1) is 37.5 Å². The van der Waals surface area contributed by atoms with Crippen molar-refractivity contribution in [3.05, 3.63) is 64.6 Å². The summed E-state index contributed by atoms with van der Waals surface area (Å²) in [5, 5.41) is 2.91. The molecule has 0 fully saturated rings. The molecule has 2 aromatic carbocycles. The van der Waals surface area contributed by atoms with E-state index in [4.69, 9.17) is 9.47 Å². The van der Waals surface area contributed by atoms with Crippen LogP contribution in [-0.4, -0.2) is 29.7 Å². The Morgan fingerprint density at radius 2 is 1.96 bits per heavy atom. The van der Waals surface area contributed by atoms with Crippen LogP contribution in [0.1, 0.15) is 18.5 Å². The van der Waals surface area contributed by atoms with Crippen LogP contribution in [0, 0.1) is 0 Å². The molecular formula is C20H21N3O4. The first kappa shape index (κ1) is 18.4. The van der Waals surface area contributed by atoms with Gasteiger partial charge in [0.2, 0.25) is 5.91 Å². The highest BCUT2D eigenvalue weighted by atomic mass is 16.5. The maximum Gasteiger partial charge on any atom is 0.269 e. The predicted octanol–water partition coefficient (Wildman–Crippen LogP) is 2.29. The second-order valence-electron chi connectivity index (χ2n) is 6.07. The summed E-state index contributed by atoms with van der Waals surface area (Å²) in [6, 6.07) is 12.3. The molecule has 0 spiro atoms. The van der Waals surface area contributed by atoms with Crippen LogP contribution in [-0.2, 0) is 11.3 Å². The van der Waals surface area contributed by atoms with Crippen molar-refractivity contribution < 1.29 is 14.3 Å². The van der Waals surface area contributed by atoms with Crippen molar-refractivity contribution in [2.45, 2.75) is 19.5 Å². The predicted molar refractivity (Wildman–Crippen MR) is 102 cm³/mol. The molecule has 1 heterocycles. The highest BCUT2D eigenvalue weighted by Crippen LogP contribution is 2.29. The van der Waals surface area contributed by atoms with Gasteiger partial charge in [-0.15, -0.1) is 0 Å². The summed E-state index contributed by atoms with van der Waals surface area (Å²) >= 11 is 0. The third-order valence-electron chi connectivity index (χ3n) is 4.34. The lowest BCUT2D eigenvalue weighted by atomic mass is 10.1. The van der Waals surface area contributed by atoms with E-state index >= 15 is 0 Å². The second kappa shape index (κ2) is 7.90. The number of methoxy groups -OCH3 is 2. The molecule has 3 aromatic rings. The monoisotopic (exact) mass is 367 g/mol. The van der Waals surface area contributed by atoms with Crippen molar-refractivity contribution in [2.75, 3.05) is 14.2 Å². The van der Waals surface area contributed by atoms with Crippen molar-refractivity contribution in [3.8, 4) is 11.5 Å². The molecule has 27 heavy (non-hydrogen) atoms. The van der Waals surface area contributed by atoms with E-state index in [0.717, 1.165) is 5.56 Å². The molecule has 7 nitrogen and oxygen atoms in total. The standard InChI is InChI=1S/C20H21N3O4/c1-13(15-10-14(26-2)8-9-18(15)27-3)22-19(24)12-23-17-7-5-4-6-16(17)21-11-20(23)25/h4-11,13H,12H2,1-3H3,(H,22,24). The average Bonchev–Trinajstić information content (AvgIpc) is 2.69. The number of hydrogen-bond donors (Lipinski definition) is 1. The lowest BCUT2D eigenvalue weighted by molar-refractivity contribution is -0.122. The Labute approximate surface area is 156 Å². The highest BCUT2D eigenvalue weighted by Gasteiger charge is 2.16. The number of carbonyl (C=O) groups excluding carboxylic acids is 1. The smallest absolute Gasteiger partial charge is 0.269 e. The van der Waals surface area contributed by atoms with Gasteiger partial charge >= 0.3 is 0 Å². The molecule has 1 N–H and O–H groups in total. The Balaban J connectivity index is 1.83. The van der Waals surface area contributed by atoms with E-state index in [2.05, 4.69) is 10.3 Å². The number of aromatic nitrogens is 2. The molecule has 7 heteroatoms. The summed E-state index contributed by atoms with van der Waals surface area (Å²) in [4.78, 5) is 28.9. The van der Waals surface area contributed by atoms with Gasteiger partial charge in [-0.3, -0.25) is 14.2 Å². The first-order chi connectivity index (χ1) is 13.0. The average molecular weight is 367 g/mol. The lowest BCUT2D eigenvalue weighted by Crippen LogP contribution is -2.34. The summed E-state index contributed by atoms with van der Waals surface area (Å²) in [6.45, 7) is 1.75. The normalized spacial score (nSPS) is 11.8. The van der Waals surface area contributed by atoms with Gasteiger partial charge in [-0.1, -0.05) is 12.1 Å². The maximum absolute atomic E-state index is 12.6. The minimum atomic E-state index is -0.327. The quantitative estimate of drug-likeness (QED) is 0.723. The second-order valence-corrected chi connectivity index (χ2v) is 6.07. The van der Waals surface area contributed by atoms with Gasteiger partial charge in [-0.25, -0.2) is 4.98 Å². The Kier molecular flexibility index (Phi) is 5.40. The molecule has 140 valence electrons. The van der Waals surface area contributed by atoms with E-state index in [1.54, 1.807) is 38.5 Å². The molecule has 0 aliphatic carbocycles. The number of fused-ring (bicyclic) bond motifs is 1. The van der Waals surface area contributed by atoms with Gasteiger partial charge in [0, 0.05) is 5.56 Å². The van der Waals surface area contributed by atoms with Crippen molar-refractivity contribution in [3.63, 3.8) is 0 Å². The van der Waals surface area contributed by atoms with Crippen LogP contribution >= 0.6 is 0 Å². The zero-order chi connectivity index (χ0) is 19.4. The Morgan fingerprint density at radius 3 is 2.70 bits per heavy atom. The largest absolute Gasteiger partial charge is 0.497 e. The molecular weight excluding hydrogens is 346 g/mol. The zero-order valence-corrected chi connectivity index (χ0v) is 15.4. The van der Waals surface area contributed by atoms with E-state index in [0.29, 0.717) is 22.5 Å². The number of ether oxygens (including phenoxy) is 2. The molecule has 1 atom stereocenters. The number of amides is 1. The molecule has 1 amide bonds. The molecule has 0 radical (unpaired) electrons. The number of carbonyl (C=O) groups is 1.